The van der Waals surface area contributed by atoms with E-state index in [2.05, 4.69) is 5.10 Å². The van der Waals surface area contributed by atoms with Crippen LogP contribution in [0.5, 0.6) is 0 Å². The van der Waals surface area contributed by atoms with Crippen molar-refractivity contribution < 1.29 is 26.7 Å². The minimum Gasteiger partial charge on any atom is -0.381 e. The molecule has 0 spiro atoms. The number of carbonyl (C=O) groups excluding carboxylic acids is 1. The van der Waals surface area contributed by atoms with Crippen LogP contribution >= 0.6 is 0 Å². The number of ether oxygens (including phenoxy) is 1. The van der Waals surface area contributed by atoms with Crippen molar-refractivity contribution >= 4 is 37.7 Å². The lowest BCUT2D eigenvalue weighted by molar-refractivity contribution is 0.0670. The van der Waals surface area contributed by atoms with Crippen molar-refractivity contribution in [3.63, 3.8) is 0 Å². The SMILES string of the molecule is Cc1cc(-n2nc3c(c2-n2ccn(-c4ccc5c(cnn5C)c4F)c2=O)[C@H](C)N(C(=O)c2cc4cc(C5CCOCC5)ccc4n2S(=O)(=O)C2CC2)CC3)cc(C)c1F. The van der Waals surface area contributed by atoms with Gasteiger partial charge in [-0.3, -0.25) is 18.6 Å². The summed E-state index contributed by atoms with van der Waals surface area (Å²) >= 11 is 0. The topological polar surface area (TPSA) is 131 Å². The Hall–Kier alpha value is -5.87. The first-order valence-corrected chi connectivity index (χ1v) is 21.4. The molecule has 1 amide bonds. The molecular weight excluding hydrogens is 779 g/mol. The molecule has 7 aromatic rings. The van der Waals surface area contributed by atoms with E-state index in [0.717, 1.165) is 18.4 Å². The van der Waals surface area contributed by atoms with Gasteiger partial charge in [0, 0.05) is 56.6 Å². The maximum absolute atomic E-state index is 16.0. The van der Waals surface area contributed by atoms with Crippen molar-refractivity contribution in [2.45, 2.75) is 70.1 Å². The van der Waals surface area contributed by atoms with E-state index < -0.39 is 38.7 Å². The number of halogens is 2. The van der Waals surface area contributed by atoms with Gasteiger partial charge in [-0.15, -0.1) is 0 Å². The van der Waals surface area contributed by atoms with Crippen molar-refractivity contribution in [2.24, 2.45) is 7.05 Å². The van der Waals surface area contributed by atoms with Gasteiger partial charge in [-0.2, -0.15) is 10.2 Å². The summed E-state index contributed by atoms with van der Waals surface area (Å²) in [5, 5.41) is 9.50. The van der Waals surface area contributed by atoms with Gasteiger partial charge in [-0.05, 0) is 112 Å². The number of rotatable bonds is 7. The molecule has 4 aromatic heterocycles. The summed E-state index contributed by atoms with van der Waals surface area (Å²) in [6.07, 6.45) is 7.47. The molecule has 0 unspecified atom stereocenters. The molecule has 16 heteroatoms. The molecule has 3 aliphatic rings. The number of aromatic nitrogens is 7. The summed E-state index contributed by atoms with van der Waals surface area (Å²) < 4.78 is 71.8. The predicted molar refractivity (Wildman–Crippen MR) is 217 cm³/mol. The molecule has 6 heterocycles. The van der Waals surface area contributed by atoms with Gasteiger partial charge >= 0.3 is 5.69 Å². The van der Waals surface area contributed by atoms with Crippen LogP contribution in [0.4, 0.5) is 8.78 Å². The number of imidazole rings is 1. The summed E-state index contributed by atoms with van der Waals surface area (Å²) in [5.74, 6) is -0.877. The Morgan fingerprint density at radius 2 is 1.61 bits per heavy atom. The van der Waals surface area contributed by atoms with E-state index in [1.54, 1.807) is 59.4 Å². The quantitative estimate of drug-likeness (QED) is 0.179. The van der Waals surface area contributed by atoms with Crippen molar-refractivity contribution in [3.8, 4) is 17.2 Å². The van der Waals surface area contributed by atoms with Crippen molar-refractivity contribution in [2.75, 3.05) is 19.8 Å². The second kappa shape index (κ2) is 13.6. The average Bonchev–Trinajstić information content (AvgIpc) is 3.57. The molecule has 1 saturated heterocycles. The van der Waals surface area contributed by atoms with Crippen LogP contribution in [0.3, 0.4) is 0 Å². The number of benzene rings is 3. The number of nitrogens with zero attached hydrogens (tertiary/aromatic N) is 8. The number of fused-ring (bicyclic) bond motifs is 3. The second-order valence-corrected chi connectivity index (χ2v) is 18.1. The highest BCUT2D eigenvalue weighted by Gasteiger charge is 2.42. The fourth-order valence-electron chi connectivity index (χ4n) is 9.06. The van der Waals surface area contributed by atoms with Gasteiger partial charge in [0.15, 0.2) is 5.82 Å². The number of amides is 1. The van der Waals surface area contributed by atoms with Gasteiger partial charge in [0.2, 0.25) is 10.0 Å². The molecular formula is C43H42F2N8O5S. The number of hydrogen-bond acceptors (Lipinski definition) is 7. The van der Waals surface area contributed by atoms with Gasteiger partial charge in [0.1, 0.15) is 17.3 Å². The third kappa shape index (κ3) is 5.81. The highest BCUT2D eigenvalue weighted by atomic mass is 32.2. The third-order valence-electron chi connectivity index (χ3n) is 12.4. The van der Waals surface area contributed by atoms with Crippen LogP contribution in [0.15, 0.2) is 71.9 Å². The lowest BCUT2D eigenvalue weighted by Crippen LogP contribution is -2.40. The van der Waals surface area contributed by atoms with Crippen molar-refractivity contribution in [1.82, 2.24) is 37.6 Å². The summed E-state index contributed by atoms with van der Waals surface area (Å²) in [6.45, 7) is 6.67. The van der Waals surface area contributed by atoms with Crippen molar-refractivity contribution in [1.29, 1.82) is 0 Å². The molecule has 59 heavy (non-hydrogen) atoms. The molecule has 0 radical (unpaired) electrons. The standard InChI is InChI=1S/C43H42F2N8O5S/c1-24-19-30(20-25(2)39(24)44)52-41(51-16-15-50(43(51)55)36-10-9-35-32(40(36)45)23-46-48(35)4)38-26(3)49(14-11-33(38)47-52)42(54)37-22-29-21-28(27-12-17-58-18-13-27)5-8-34(29)53(37)59(56,57)31-6-7-31/h5,8-10,15-16,19-23,26-27,31H,6-7,11-14,17-18H2,1-4H3/t26-/m0/s1. The second-order valence-electron chi connectivity index (χ2n) is 16.1. The lowest BCUT2D eigenvalue weighted by atomic mass is 9.91. The number of carbonyl (C=O) groups is 1. The molecule has 2 aliphatic heterocycles. The first kappa shape index (κ1) is 37.4. The van der Waals surface area contributed by atoms with E-state index in [4.69, 9.17) is 9.84 Å². The number of aryl methyl sites for hydroxylation is 3. The van der Waals surface area contributed by atoms with Crippen LogP contribution in [0.2, 0.25) is 0 Å². The Morgan fingerprint density at radius 1 is 0.898 bits per heavy atom. The Bertz CT molecular complexity index is 3030. The summed E-state index contributed by atoms with van der Waals surface area (Å²) in [7, 11) is -2.19. The molecule has 2 fully saturated rings. The van der Waals surface area contributed by atoms with E-state index in [9.17, 15) is 22.4 Å². The molecule has 0 N–H and O–H groups in total. The molecule has 3 aromatic carbocycles. The molecule has 13 nitrogen and oxygen atoms in total. The third-order valence-corrected chi connectivity index (χ3v) is 14.6. The molecule has 1 atom stereocenters. The maximum Gasteiger partial charge on any atom is 0.338 e. The van der Waals surface area contributed by atoms with Crippen LogP contribution in [0.1, 0.15) is 83.0 Å². The Kier molecular flexibility index (Phi) is 8.62. The van der Waals surface area contributed by atoms with E-state index in [1.807, 2.05) is 25.1 Å². The Morgan fingerprint density at radius 3 is 2.34 bits per heavy atom. The van der Waals surface area contributed by atoms with Gasteiger partial charge in [-0.1, -0.05) is 6.07 Å². The summed E-state index contributed by atoms with van der Waals surface area (Å²) in [4.78, 5) is 31.1. The van der Waals surface area contributed by atoms with Crippen LogP contribution < -0.4 is 5.69 Å². The minimum absolute atomic E-state index is 0.0252. The normalized spacial score (nSPS) is 17.7. The molecule has 304 valence electrons. The van der Waals surface area contributed by atoms with Crippen LogP contribution in [-0.2, 0) is 28.2 Å². The fourth-order valence-corrected chi connectivity index (χ4v) is 10.9. The van der Waals surface area contributed by atoms with Gasteiger partial charge in [-0.25, -0.2) is 30.6 Å². The highest BCUT2D eigenvalue weighted by molar-refractivity contribution is 7.91. The van der Waals surface area contributed by atoms with Crippen LogP contribution in [0, 0.1) is 25.5 Å². The zero-order valence-corrected chi connectivity index (χ0v) is 33.8. The Labute approximate surface area is 338 Å². The average molecular weight is 821 g/mol. The van der Waals surface area contributed by atoms with Crippen molar-refractivity contribution in [3.05, 3.63) is 123 Å². The zero-order chi connectivity index (χ0) is 41.1. The minimum atomic E-state index is -3.90. The largest absolute Gasteiger partial charge is 0.381 e. The van der Waals surface area contributed by atoms with E-state index in [-0.39, 0.29) is 41.5 Å². The predicted octanol–water partition coefficient (Wildman–Crippen LogP) is 6.54. The molecule has 1 saturated carbocycles. The smallest absolute Gasteiger partial charge is 0.338 e. The van der Waals surface area contributed by atoms with Crippen LogP contribution in [0.25, 0.3) is 39.0 Å². The maximum atomic E-state index is 16.0. The molecule has 10 rings (SSSR count). The molecule has 1 aliphatic carbocycles. The van der Waals surface area contributed by atoms with Crippen LogP contribution in [-0.4, -0.2) is 76.9 Å². The fraction of sp³-hybridized carbons (Fsp3) is 0.349. The highest BCUT2D eigenvalue weighted by Crippen LogP contribution is 2.40. The van der Waals surface area contributed by atoms with E-state index >= 15 is 4.39 Å². The molecule has 0 bridgehead atoms. The summed E-state index contributed by atoms with van der Waals surface area (Å²) in [6, 6.07) is 13.3. The first-order chi connectivity index (χ1) is 28.3. The Balaban J connectivity index is 1.11. The number of hydrogen-bond donors (Lipinski definition) is 0. The van der Waals surface area contributed by atoms with E-state index in [1.165, 1.54) is 37.8 Å². The summed E-state index contributed by atoms with van der Waals surface area (Å²) in [5.41, 5.74) is 4.01. The van der Waals surface area contributed by atoms with Gasteiger partial charge in [0.25, 0.3) is 5.91 Å². The van der Waals surface area contributed by atoms with E-state index in [0.29, 0.717) is 76.4 Å². The lowest BCUT2D eigenvalue weighted by Gasteiger charge is -2.33. The monoisotopic (exact) mass is 820 g/mol. The first-order valence-electron chi connectivity index (χ1n) is 19.9. The zero-order valence-electron chi connectivity index (χ0n) is 33.0. The van der Waals surface area contributed by atoms with Gasteiger partial charge < -0.3 is 9.64 Å². The van der Waals surface area contributed by atoms with Gasteiger partial charge in [0.05, 0.1) is 51.0 Å².